The number of aryl methyl sites for hydroxylation is 2. The van der Waals surface area contributed by atoms with Crippen molar-refractivity contribution >= 4 is 17.5 Å². The van der Waals surface area contributed by atoms with E-state index in [2.05, 4.69) is 17.6 Å². The Morgan fingerprint density at radius 2 is 1.86 bits per heavy atom. The number of unbranched alkanes of at least 4 members (excludes halogenated alkanes) is 1. The SMILES string of the molecule is CCCCNC(=O)c1ccc(NC(=O)Cn2c(C)cc(C)c(C#N)c2=O)cc1. The molecule has 1 aromatic carbocycles. The summed E-state index contributed by atoms with van der Waals surface area (Å²) >= 11 is 0. The first-order valence-corrected chi connectivity index (χ1v) is 9.16. The molecule has 0 fully saturated rings. The van der Waals surface area contributed by atoms with E-state index in [1.54, 1.807) is 44.2 Å². The van der Waals surface area contributed by atoms with Crippen molar-refractivity contribution in [1.29, 1.82) is 5.26 Å². The van der Waals surface area contributed by atoms with Gasteiger partial charge in [-0.05, 0) is 56.2 Å². The number of anilines is 1. The average molecular weight is 380 g/mol. The Morgan fingerprint density at radius 3 is 2.46 bits per heavy atom. The molecule has 28 heavy (non-hydrogen) atoms. The fourth-order valence-corrected chi connectivity index (χ4v) is 2.79. The molecule has 2 amide bonds. The lowest BCUT2D eigenvalue weighted by Crippen LogP contribution is -2.31. The van der Waals surface area contributed by atoms with E-state index >= 15 is 0 Å². The maximum absolute atomic E-state index is 12.4. The second-order valence-corrected chi connectivity index (χ2v) is 6.58. The van der Waals surface area contributed by atoms with Gasteiger partial charge in [-0.25, -0.2) is 0 Å². The number of nitrogens with one attached hydrogen (secondary N) is 2. The molecule has 0 aliphatic heterocycles. The van der Waals surface area contributed by atoms with Crippen LogP contribution in [0.5, 0.6) is 0 Å². The fourth-order valence-electron chi connectivity index (χ4n) is 2.79. The van der Waals surface area contributed by atoms with Crippen molar-refractivity contribution in [3.8, 4) is 6.07 Å². The Hall–Kier alpha value is -3.40. The van der Waals surface area contributed by atoms with Crippen molar-refractivity contribution in [1.82, 2.24) is 9.88 Å². The molecule has 7 nitrogen and oxygen atoms in total. The van der Waals surface area contributed by atoms with Crippen molar-refractivity contribution in [3.63, 3.8) is 0 Å². The minimum atomic E-state index is -0.478. The van der Waals surface area contributed by atoms with E-state index in [-0.39, 0.29) is 18.0 Å². The zero-order chi connectivity index (χ0) is 20.7. The molecule has 0 aliphatic rings. The Balaban J connectivity index is 2.05. The molecule has 2 aromatic rings. The molecular formula is C21H24N4O3. The molecule has 0 radical (unpaired) electrons. The molecule has 2 rings (SSSR count). The third-order valence-corrected chi connectivity index (χ3v) is 4.36. The summed E-state index contributed by atoms with van der Waals surface area (Å²) < 4.78 is 1.27. The molecule has 146 valence electrons. The van der Waals surface area contributed by atoms with Crippen LogP contribution >= 0.6 is 0 Å². The number of carbonyl (C=O) groups is 2. The van der Waals surface area contributed by atoms with E-state index < -0.39 is 11.5 Å². The number of pyridine rings is 1. The number of rotatable bonds is 7. The standard InChI is InChI=1S/C21H24N4O3/c1-4-5-10-23-20(27)16-6-8-17(9-7-16)24-19(26)13-25-15(3)11-14(2)18(12-22)21(25)28/h6-9,11H,4-5,10,13H2,1-3H3,(H,23,27)(H,24,26). The highest BCUT2D eigenvalue weighted by atomic mass is 16.2. The number of benzene rings is 1. The van der Waals surface area contributed by atoms with Crippen LogP contribution in [0.4, 0.5) is 5.69 Å². The minimum Gasteiger partial charge on any atom is -0.352 e. The summed E-state index contributed by atoms with van der Waals surface area (Å²) in [5.41, 5.74) is 1.79. The maximum Gasteiger partial charge on any atom is 0.269 e. The zero-order valence-corrected chi connectivity index (χ0v) is 16.3. The van der Waals surface area contributed by atoms with E-state index in [9.17, 15) is 14.4 Å². The third-order valence-electron chi connectivity index (χ3n) is 4.36. The predicted molar refractivity (Wildman–Crippen MR) is 107 cm³/mol. The van der Waals surface area contributed by atoms with Crippen molar-refractivity contribution in [2.24, 2.45) is 0 Å². The van der Waals surface area contributed by atoms with Gasteiger partial charge in [0.15, 0.2) is 0 Å². The van der Waals surface area contributed by atoms with Crippen LogP contribution in [-0.4, -0.2) is 22.9 Å². The molecule has 0 unspecified atom stereocenters. The Bertz CT molecular complexity index is 969. The number of nitrogens with zero attached hydrogens (tertiary/aromatic N) is 2. The summed E-state index contributed by atoms with van der Waals surface area (Å²) in [5, 5.41) is 14.7. The van der Waals surface area contributed by atoms with Crippen molar-refractivity contribution in [2.45, 2.75) is 40.2 Å². The molecule has 0 spiro atoms. The van der Waals surface area contributed by atoms with Crippen molar-refractivity contribution in [3.05, 3.63) is 63.1 Å². The van der Waals surface area contributed by atoms with Gasteiger partial charge in [-0.2, -0.15) is 5.26 Å². The number of nitriles is 1. The second kappa shape index (κ2) is 9.51. The lowest BCUT2D eigenvalue weighted by molar-refractivity contribution is -0.116. The highest BCUT2D eigenvalue weighted by Gasteiger charge is 2.13. The molecule has 0 saturated heterocycles. The number of aromatic nitrogens is 1. The van der Waals surface area contributed by atoms with Crippen molar-refractivity contribution < 1.29 is 9.59 Å². The molecule has 0 bridgehead atoms. The molecule has 2 N–H and O–H groups in total. The van der Waals surface area contributed by atoms with Crippen molar-refractivity contribution in [2.75, 3.05) is 11.9 Å². The molecule has 0 saturated carbocycles. The fraction of sp³-hybridized carbons (Fsp3) is 0.333. The van der Waals surface area contributed by atoms with Gasteiger partial charge in [-0.15, -0.1) is 0 Å². The lowest BCUT2D eigenvalue weighted by Gasteiger charge is -2.12. The third kappa shape index (κ3) is 5.07. The van der Waals surface area contributed by atoms with Crippen LogP contribution in [0.25, 0.3) is 0 Å². The number of amides is 2. The lowest BCUT2D eigenvalue weighted by atomic mass is 10.1. The predicted octanol–water partition coefficient (Wildman–Crippen LogP) is 2.51. The van der Waals surface area contributed by atoms with Crippen LogP contribution in [0.2, 0.25) is 0 Å². The van der Waals surface area contributed by atoms with Gasteiger partial charge in [0.2, 0.25) is 5.91 Å². The van der Waals surface area contributed by atoms with Crippen LogP contribution in [-0.2, 0) is 11.3 Å². The minimum absolute atomic E-state index is 0.0387. The number of hydrogen-bond acceptors (Lipinski definition) is 4. The average Bonchev–Trinajstić information content (AvgIpc) is 2.66. The monoisotopic (exact) mass is 380 g/mol. The quantitative estimate of drug-likeness (QED) is 0.720. The van der Waals surface area contributed by atoms with Gasteiger partial charge in [-0.3, -0.25) is 14.4 Å². The molecular weight excluding hydrogens is 356 g/mol. The van der Waals surface area contributed by atoms with E-state index in [1.807, 2.05) is 6.07 Å². The van der Waals surface area contributed by atoms with E-state index in [1.165, 1.54) is 4.57 Å². The Labute approximate surface area is 164 Å². The summed E-state index contributed by atoms with van der Waals surface area (Å²) in [6.07, 6.45) is 1.93. The van der Waals surface area contributed by atoms with Gasteiger partial charge in [-0.1, -0.05) is 13.3 Å². The topological polar surface area (TPSA) is 104 Å². The molecule has 0 aliphatic carbocycles. The summed E-state index contributed by atoms with van der Waals surface area (Å²) in [4.78, 5) is 36.7. The summed E-state index contributed by atoms with van der Waals surface area (Å²) in [6, 6.07) is 10.1. The first-order valence-electron chi connectivity index (χ1n) is 9.16. The van der Waals surface area contributed by atoms with E-state index in [4.69, 9.17) is 5.26 Å². The van der Waals surface area contributed by atoms with Crippen LogP contribution in [0, 0.1) is 25.2 Å². The summed E-state index contributed by atoms with van der Waals surface area (Å²) in [7, 11) is 0. The largest absolute Gasteiger partial charge is 0.352 e. The molecule has 1 heterocycles. The van der Waals surface area contributed by atoms with E-state index in [0.29, 0.717) is 29.1 Å². The van der Waals surface area contributed by atoms with Crippen LogP contribution in [0.1, 0.15) is 46.9 Å². The number of hydrogen-bond donors (Lipinski definition) is 2. The van der Waals surface area contributed by atoms with Gasteiger partial charge in [0.1, 0.15) is 18.2 Å². The van der Waals surface area contributed by atoms with Crippen LogP contribution in [0.15, 0.2) is 35.1 Å². The Morgan fingerprint density at radius 1 is 1.18 bits per heavy atom. The van der Waals surface area contributed by atoms with Gasteiger partial charge < -0.3 is 15.2 Å². The van der Waals surface area contributed by atoms with E-state index in [0.717, 1.165) is 12.8 Å². The summed E-state index contributed by atoms with van der Waals surface area (Å²) in [5.74, 6) is -0.546. The van der Waals surface area contributed by atoms with Gasteiger partial charge >= 0.3 is 0 Å². The molecule has 1 aromatic heterocycles. The maximum atomic E-state index is 12.4. The Kier molecular flexibility index (Phi) is 7.10. The normalized spacial score (nSPS) is 10.2. The van der Waals surface area contributed by atoms with Gasteiger partial charge in [0.05, 0.1) is 0 Å². The highest BCUT2D eigenvalue weighted by Crippen LogP contribution is 2.11. The van der Waals surface area contributed by atoms with Crippen LogP contribution in [0.3, 0.4) is 0 Å². The van der Waals surface area contributed by atoms with Gasteiger partial charge in [0, 0.05) is 23.5 Å². The van der Waals surface area contributed by atoms with Crippen LogP contribution < -0.4 is 16.2 Å². The number of carbonyl (C=O) groups excluding carboxylic acids is 2. The van der Waals surface area contributed by atoms with Gasteiger partial charge in [0.25, 0.3) is 11.5 Å². The zero-order valence-electron chi connectivity index (χ0n) is 16.3. The molecule has 0 atom stereocenters. The smallest absolute Gasteiger partial charge is 0.269 e. The first kappa shape index (κ1) is 20.9. The highest BCUT2D eigenvalue weighted by molar-refractivity contribution is 5.95. The summed E-state index contributed by atoms with van der Waals surface area (Å²) in [6.45, 7) is 5.89. The second-order valence-electron chi connectivity index (χ2n) is 6.58. The molecule has 7 heteroatoms. The first-order chi connectivity index (χ1) is 13.4.